The van der Waals surface area contributed by atoms with E-state index in [9.17, 15) is 27.6 Å². The molecule has 0 spiro atoms. The number of amides is 3. The van der Waals surface area contributed by atoms with Crippen LogP contribution in [0.3, 0.4) is 0 Å². The van der Waals surface area contributed by atoms with Gasteiger partial charge in [0.1, 0.15) is 13.1 Å². The Morgan fingerprint density at radius 2 is 1.35 bits per heavy atom. The highest BCUT2D eigenvalue weighted by Gasteiger charge is 2.22. The van der Waals surface area contributed by atoms with Gasteiger partial charge in [-0.3, -0.25) is 14.4 Å². The lowest BCUT2D eigenvalue weighted by atomic mass is 10.1. The number of hydrogen-bond donors (Lipinski definition) is 2. The predicted molar refractivity (Wildman–Crippen MR) is 60.6 cm³/mol. The van der Waals surface area contributed by atoms with Crippen molar-refractivity contribution in [2.45, 2.75) is 0 Å². The topological polar surface area (TPSA) is 106 Å². The summed E-state index contributed by atoms with van der Waals surface area (Å²) in [6, 6.07) is 0.880. The number of hydrogen-bond acceptors (Lipinski definition) is 3. The summed E-state index contributed by atoms with van der Waals surface area (Å²) in [6.45, 7) is -1.36. The highest BCUT2D eigenvalue weighted by Crippen LogP contribution is 2.15. The second-order valence-electron chi connectivity index (χ2n) is 3.85. The molecule has 108 valence electrons. The molecule has 4 N–H and O–H groups in total. The van der Waals surface area contributed by atoms with Crippen molar-refractivity contribution in [3.8, 4) is 0 Å². The van der Waals surface area contributed by atoms with Crippen LogP contribution in [0.15, 0.2) is 12.1 Å². The first-order valence-corrected chi connectivity index (χ1v) is 5.22. The molecule has 0 radical (unpaired) electrons. The van der Waals surface area contributed by atoms with Gasteiger partial charge in [-0.2, -0.15) is 0 Å². The fourth-order valence-corrected chi connectivity index (χ4v) is 1.44. The second kappa shape index (κ2) is 6.04. The molecule has 0 fully saturated rings. The van der Waals surface area contributed by atoms with Gasteiger partial charge in [-0.15, -0.1) is 0 Å². The van der Waals surface area contributed by atoms with Crippen LogP contribution in [-0.2, 0) is 9.59 Å². The zero-order chi connectivity index (χ0) is 15.4. The number of nitrogens with zero attached hydrogens (tertiary/aromatic N) is 1. The van der Waals surface area contributed by atoms with E-state index in [4.69, 9.17) is 11.5 Å². The lowest BCUT2D eigenvalue weighted by Gasteiger charge is -2.19. The van der Waals surface area contributed by atoms with Gasteiger partial charge < -0.3 is 16.4 Å². The van der Waals surface area contributed by atoms with E-state index in [2.05, 4.69) is 0 Å². The predicted octanol–water partition coefficient (Wildman–Crippen LogP) is -0.483. The molecular formula is C11H10F3N3O3. The molecule has 0 aromatic heterocycles. The van der Waals surface area contributed by atoms with Gasteiger partial charge in [-0.05, 0) is 12.1 Å². The molecule has 20 heavy (non-hydrogen) atoms. The molecule has 3 amide bonds. The molecule has 1 aromatic carbocycles. The van der Waals surface area contributed by atoms with Gasteiger partial charge in [0, 0.05) is 5.56 Å². The largest absolute Gasteiger partial charge is 0.368 e. The van der Waals surface area contributed by atoms with Crippen LogP contribution in [-0.4, -0.2) is 35.7 Å². The highest BCUT2D eigenvalue weighted by atomic mass is 19.2. The van der Waals surface area contributed by atoms with E-state index in [1.54, 1.807) is 0 Å². The van der Waals surface area contributed by atoms with Crippen molar-refractivity contribution < 1.29 is 27.6 Å². The summed E-state index contributed by atoms with van der Waals surface area (Å²) >= 11 is 0. The number of benzene rings is 1. The van der Waals surface area contributed by atoms with E-state index in [0.29, 0.717) is 17.0 Å². The normalized spacial score (nSPS) is 10.2. The minimum atomic E-state index is -1.74. The van der Waals surface area contributed by atoms with Crippen LogP contribution < -0.4 is 11.5 Å². The minimum absolute atomic E-state index is 0.440. The van der Waals surface area contributed by atoms with Gasteiger partial charge in [0.25, 0.3) is 5.91 Å². The van der Waals surface area contributed by atoms with E-state index < -0.39 is 53.8 Å². The van der Waals surface area contributed by atoms with Crippen LogP contribution in [0.1, 0.15) is 10.4 Å². The van der Waals surface area contributed by atoms with Crippen molar-refractivity contribution >= 4 is 17.7 Å². The first kappa shape index (κ1) is 15.5. The molecule has 0 heterocycles. The lowest BCUT2D eigenvalue weighted by molar-refractivity contribution is -0.121. The number of primary amides is 2. The molecule has 0 aliphatic carbocycles. The van der Waals surface area contributed by atoms with Gasteiger partial charge in [0.2, 0.25) is 11.8 Å². The van der Waals surface area contributed by atoms with Gasteiger partial charge in [0.15, 0.2) is 17.5 Å². The Morgan fingerprint density at radius 3 is 1.70 bits per heavy atom. The van der Waals surface area contributed by atoms with E-state index in [-0.39, 0.29) is 0 Å². The second-order valence-corrected chi connectivity index (χ2v) is 3.85. The van der Waals surface area contributed by atoms with E-state index in [1.165, 1.54) is 0 Å². The Hall–Kier alpha value is -2.58. The summed E-state index contributed by atoms with van der Waals surface area (Å²) in [5.41, 5.74) is 9.17. The van der Waals surface area contributed by atoms with E-state index in [0.717, 1.165) is 0 Å². The van der Waals surface area contributed by atoms with Crippen LogP contribution in [0.2, 0.25) is 0 Å². The maximum atomic E-state index is 13.0. The number of nitrogens with two attached hydrogens (primary N) is 2. The van der Waals surface area contributed by atoms with Crippen molar-refractivity contribution in [2.24, 2.45) is 11.5 Å². The summed E-state index contributed by atoms with van der Waals surface area (Å²) < 4.78 is 38.8. The molecule has 0 aliphatic heterocycles. The summed E-state index contributed by atoms with van der Waals surface area (Å²) in [5.74, 6) is -7.89. The standard InChI is InChI=1S/C11H10F3N3O3/c12-6-1-5(2-7(13)10(6)14)11(20)17(3-8(15)18)4-9(16)19/h1-2H,3-4H2,(H2,15,18)(H2,16,19). The molecule has 0 saturated carbocycles. The number of rotatable bonds is 5. The van der Waals surface area contributed by atoms with Crippen LogP contribution >= 0.6 is 0 Å². The fourth-order valence-electron chi connectivity index (χ4n) is 1.44. The Kier molecular flexibility index (Phi) is 4.68. The average Bonchev–Trinajstić information content (AvgIpc) is 2.32. The zero-order valence-corrected chi connectivity index (χ0v) is 10.0. The third kappa shape index (κ3) is 3.70. The average molecular weight is 289 g/mol. The smallest absolute Gasteiger partial charge is 0.255 e. The van der Waals surface area contributed by atoms with Crippen molar-refractivity contribution in [1.82, 2.24) is 4.90 Å². The van der Waals surface area contributed by atoms with Gasteiger partial charge in [-0.1, -0.05) is 0 Å². The Morgan fingerprint density at radius 1 is 0.950 bits per heavy atom. The van der Waals surface area contributed by atoms with Crippen LogP contribution in [0.25, 0.3) is 0 Å². The summed E-state index contributed by atoms with van der Waals surface area (Å²) in [7, 11) is 0. The molecule has 0 bridgehead atoms. The van der Waals surface area contributed by atoms with Crippen molar-refractivity contribution in [1.29, 1.82) is 0 Å². The van der Waals surface area contributed by atoms with Gasteiger partial charge >= 0.3 is 0 Å². The first-order chi connectivity index (χ1) is 9.22. The molecule has 0 unspecified atom stereocenters. The quantitative estimate of drug-likeness (QED) is 0.715. The summed E-state index contributed by atoms with van der Waals surface area (Å²) in [4.78, 5) is 34.0. The number of carbonyl (C=O) groups is 3. The number of carbonyl (C=O) groups excluding carboxylic acids is 3. The Labute approximate surface area is 111 Å². The van der Waals surface area contributed by atoms with Crippen molar-refractivity contribution in [3.05, 3.63) is 35.1 Å². The molecule has 6 nitrogen and oxygen atoms in total. The number of halogens is 3. The maximum absolute atomic E-state index is 13.0. The van der Waals surface area contributed by atoms with Gasteiger partial charge in [0.05, 0.1) is 0 Å². The fraction of sp³-hybridized carbons (Fsp3) is 0.182. The van der Waals surface area contributed by atoms with Crippen LogP contribution in [0.5, 0.6) is 0 Å². The van der Waals surface area contributed by atoms with Crippen molar-refractivity contribution in [2.75, 3.05) is 13.1 Å². The maximum Gasteiger partial charge on any atom is 0.255 e. The van der Waals surface area contributed by atoms with Crippen molar-refractivity contribution in [3.63, 3.8) is 0 Å². The Bertz CT molecular complexity index is 538. The van der Waals surface area contributed by atoms with E-state index in [1.807, 2.05) is 0 Å². The molecule has 0 saturated heterocycles. The third-order valence-corrected chi connectivity index (χ3v) is 2.21. The van der Waals surface area contributed by atoms with Crippen LogP contribution in [0, 0.1) is 17.5 Å². The molecule has 0 aliphatic rings. The SMILES string of the molecule is NC(=O)CN(CC(N)=O)C(=O)c1cc(F)c(F)c(F)c1. The van der Waals surface area contributed by atoms with Crippen LogP contribution in [0.4, 0.5) is 13.2 Å². The van der Waals surface area contributed by atoms with Gasteiger partial charge in [-0.25, -0.2) is 13.2 Å². The molecular weight excluding hydrogens is 279 g/mol. The molecule has 1 rings (SSSR count). The summed E-state index contributed by atoms with van der Waals surface area (Å²) in [5, 5.41) is 0. The lowest BCUT2D eigenvalue weighted by Crippen LogP contribution is -2.43. The zero-order valence-electron chi connectivity index (χ0n) is 10.0. The monoisotopic (exact) mass is 289 g/mol. The molecule has 1 aromatic rings. The minimum Gasteiger partial charge on any atom is -0.368 e. The van der Waals surface area contributed by atoms with E-state index >= 15 is 0 Å². The summed E-state index contributed by atoms with van der Waals surface area (Å²) in [6.07, 6.45) is 0. The first-order valence-electron chi connectivity index (χ1n) is 5.22. The third-order valence-electron chi connectivity index (χ3n) is 2.21. The highest BCUT2D eigenvalue weighted by molar-refractivity contribution is 5.98. The Balaban J connectivity index is 3.11. The molecule has 9 heteroatoms. The molecule has 0 atom stereocenters.